The first kappa shape index (κ1) is 17.0. The van der Waals surface area contributed by atoms with Crippen LogP contribution in [-0.4, -0.2) is 12.0 Å². The number of hydrogen-bond acceptors (Lipinski definition) is 2. The van der Waals surface area contributed by atoms with E-state index in [-0.39, 0.29) is 5.91 Å². The second-order valence-electron chi connectivity index (χ2n) is 6.35. The lowest BCUT2D eigenvalue weighted by molar-refractivity contribution is -0.122. The number of anilines is 1. The summed E-state index contributed by atoms with van der Waals surface area (Å²) in [7, 11) is 0. The van der Waals surface area contributed by atoms with Gasteiger partial charge in [0.15, 0.2) is 6.10 Å². The number of carbonyl (C=O) groups is 1. The van der Waals surface area contributed by atoms with Crippen LogP contribution in [0.4, 0.5) is 5.69 Å². The van der Waals surface area contributed by atoms with Crippen LogP contribution in [0.5, 0.6) is 5.75 Å². The van der Waals surface area contributed by atoms with Gasteiger partial charge in [0, 0.05) is 11.1 Å². The first-order chi connectivity index (χ1) is 12.1. The average Bonchev–Trinajstić information content (AvgIpc) is 2.59. The predicted octanol–water partition coefficient (Wildman–Crippen LogP) is 5.25. The summed E-state index contributed by atoms with van der Waals surface area (Å²) < 4.78 is 5.96. The molecule has 0 saturated carbocycles. The maximum Gasteiger partial charge on any atom is 0.265 e. The largest absolute Gasteiger partial charge is 0.481 e. The van der Waals surface area contributed by atoms with Crippen LogP contribution in [0, 0.1) is 13.8 Å². The molecule has 25 heavy (non-hydrogen) atoms. The van der Waals surface area contributed by atoms with Gasteiger partial charge in [-0.15, -0.1) is 0 Å². The molecule has 3 rings (SSSR count). The number of benzene rings is 3. The van der Waals surface area contributed by atoms with Gasteiger partial charge in [0.25, 0.3) is 5.91 Å². The van der Waals surface area contributed by atoms with Crippen LogP contribution in [0.3, 0.4) is 0 Å². The molecular formula is C22H23NO2. The summed E-state index contributed by atoms with van der Waals surface area (Å²) in [5.41, 5.74) is 3.06. The van der Waals surface area contributed by atoms with Crippen LogP contribution < -0.4 is 10.1 Å². The van der Waals surface area contributed by atoms with Crippen molar-refractivity contribution in [3.05, 3.63) is 71.8 Å². The molecular weight excluding hydrogens is 310 g/mol. The minimum atomic E-state index is -0.528. The highest BCUT2D eigenvalue weighted by molar-refractivity contribution is 6.03. The van der Waals surface area contributed by atoms with E-state index in [9.17, 15) is 4.79 Å². The number of nitrogens with one attached hydrogen (secondary N) is 1. The summed E-state index contributed by atoms with van der Waals surface area (Å²) in [4.78, 5) is 12.7. The van der Waals surface area contributed by atoms with Gasteiger partial charge in [0.2, 0.25) is 0 Å². The Labute approximate surface area is 148 Å². The molecule has 3 aromatic carbocycles. The molecule has 0 saturated heterocycles. The molecule has 0 aliphatic heterocycles. The minimum absolute atomic E-state index is 0.127. The van der Waals surface area contributed by atoms with Crippen molar-refractivity contribution in [3.63, 3.8) is 0 Å². The molecule has 0 radical (unpaired) electrons. The van der Waals surface area contributed by atoms with Crippen molar-refractivity contribution in [2.24, 2.45) is 0 Å². The number of rotatable bonds is 5. The number of ether oxygens (including phenoxy) is 1. The highest BCUT2D eigenvalue weighted by Crippen LogP contribution is 2.24. The molecule has 0 spiro atoms. The molecule has 3 aromatic rings. The Morgan fingerprint density at radius 1 is 1.00 bits per heavy atom. The monoisotopic (exact) mass is 333 g/mol. The Bertz CT molecular complexity index is 876. The van der Waals surface area contributed by atoms with E-state index >= 15 is 0 Å². The summed E-state index contributed by atoms with van der Waals surface area (Å²) in [6, 6.07) is 19.9. The Hall–Kier alpha value is -2.81. The molecule has 3 heteroatoms. The standard InChI is InChI=1S/C22H23NO2/c1-4-21(25-18-13-15(2)12-16(3)14-18)22(24)23-20-11-7-9-17-8-5-6-10-19(17)20/h5-14,21H,4H2,1-3H3,(H,23,24)/t21-/m0/s1. The first-order valence-corrected chi connectivity index (χ1v) is 8.60. The zero-order valence-corrected chi connectivity index (χ0v) is 14.9. The van der Waals surface area contributed by atoms with Crippen molar-refractivity contribution in [2.45, 2.75) is 33.3 Å². The maximum absolute atomic E-state index is 12.7. The molecule has 0 aromatic heterocycles. The van der Waals surface area contributed by atoms with E-state index in [4.69, 9.17) is 4.74 Å². The zero-order valence-electron chi connectivity index (χ0n) is 14.9. The Kier molecular flexibility index (Phi) is 5.03. The molecule has 0 aliphatic rings. The van der Waals surface area contributed by atoms with E-state index in [1.165, 1.54) is 0 Å². The van der Waals surface area contributed by atoms with Gasteiger partial charge in [-0.05, 0) is 55.0 Å². The van der Waals surface area contributed by atoms with E-state index in [1.54, 1.807) is 0 Å². The van der Waals surface area contributed by atoms with Gasteiger partial charge in [-0.2, -0.15) is 0 Å². The second kappa shape index (κ2) is 7.39. The first-order valence-electron chi connectivity index (χ1n) is 8.60. The van der Waals surface area contributed by atoms with E-state index in [0.29, 0.717) is 6.42 Å². The topological polar surface area (TPSA) is 38.3 Å². The number of amides is 1. The number of carbonyl (C=O) groups excluding carboxylic acids is 1. The summed E-state index contributed by atoms with van der Waals surface area (Å²) in [5.74, 6) is 0.607. The van der Waals surface area contributed by atoms with E-state index < -0.39 is 6.10 Å². The van der Waals surface area contributed by atoms with Gasteiger partial charge in [0.05, 0.1) is 0 Å². The Morgan fingerprint density at radius 2 is 1.68 bits per heavy atom. The van der Waals surface area contributed by atoms with Crippen LogP contribution in [0.25, 0.3) is 10.8 Å². The quantitative estimate of drug-likeness (QED) is 0.692. The normalized spacial score (nSPS) is 12.0. The zero-order chi connectivity index (χ0) is 17.8. The maximum atomic E-state index is 12.7. The lowest BCUT2D eigenvalue weighted by atomic mass is 10.1. The van der Waals surface area contributed by atoms with Crippen LogP contribution in [0.15, 0.2) is 60.7 Å². The number of fused-ring (bicyclic) bond motifs is 1. The summed E-state index contributed by atoms with van der Waals surface area (Å²) >= 11 is 0. The van der Waals surface area contributed by atoms with Gasteiger partial charge < -0.3 is 10.1 Å². The van der Waals surface area contributed by atoms with Crippen LogP contribution in [0.2, 0.25) is 0 Å². The third kappa shape index (κ3) is 4.00. The molecule has 0 unspecified atom stereocenters. The molecule has 0 heterocycles. The lowest BCUT2D eigenvalue weighted by Crippen LogP contribution is -2.32. The fourth-order valence-corrected chi connectivity index (χ4v) is 3.04. The molecule has 0 fully saturated rings. The summed E-state index contributed by atoms with van der Waals surface area (Å²) in [5, 5.41) is 5.15. The van der Waals surface area contributed by atoms with Crippen molar-refractivity contribution in [3.8, 4) is 5.75 Å². The third-order valence-corrected chi connectivity index (χ3v) is 4.18. The fourth-order valence-electron chi connectivity index (χ4n) is 3.04. The molecule has 0 aliphatic carbocycles. The molecule has 3 nitrogen and oxygen atoms in total. The highest BCUT2D eigenvalue weighted by Gasteiger charge is 2.19. The average molecular weight is 333 g/mol. The fraction of sp³-hybridized carbons (Fsp3) is 0.227. The molecule has 128 valence electrons. The minimum Gasteiger partial charge on any atom is -0.481 e. The number of hydrogen-bond donors (Lipinski definition) is 1. The molecule has 1 atom stereocenters. The van der Waals surface area contributed by atoms with E-state index in [0.717, 1.165) is 33.3 Å². The van der Waals surface area contributed by atoms with Crippen LogP contribution in [-0.2, 0) is 4.79 Å². The summed E-state index contributed by atoms with van der Waals surface area (Å²) in [6.07, 6.45) is 0.0732. The molecule has 1 N–H and O–H groups in total. The van der Waals surface area contributed by atoms with E-state index in [2.05, 4.69) is 11.4 Å². The predicted molar refractivity (Wildman–Crippen MR) is 103 cm³/mol. The van der Waals surface area contributed by atoms with Crippen LogP contribution >= 0.6 is 0 Å². The van der Waals surface area contributed by atoms with Crippen LogP contribution in [0.1, 0.15) is 24.5 Å². The Balaban J connectivity index is 1.80. The van der Waals surface area contributed by atoms with Gasteiger partial charge in [0.1, 0.15) is 5.75 Å². The van der Waals surface area contributed by atoms with Crippen molar-refractivity contribution in [2.75, 3.05) is 5.32 Å². The van der Waals surface area contributed by atoms with Crippen molar-refractivity contribution >= 4 is 22.4 Å². The van der Waals surface area contributed by atoms with Gasteiger partial charge in [-0.1, -0.05) is 49.4 Å². The number of aryl methyl sites for hydroxylation is 2. The highest BCUT2D eigenvalue weighted by atomic mass is 16.5. The second-order valence-corrected chi connectivity index (χ2v) is 6.35. The molecule has 0 bridgehead atoms. The van der Waals surface area contributed by atoms with Crippen molar-refractivity contribution in [1.29, 1.82) is 0 Å². The Morgan fingerprint density at radius 3 is 2.40 bits per heavy atom. The van der Waals surface area contributed by atoms with E-state index in [1.807, 2.05) is 75.4 Å². The van der Waals surface area contributed by atoms with Crippen molar-refractivity contribution < 1.29 is 9.53 Å². The lowest BCUT2D eigenvalue weighted by Gasteiger charge is -2.18. The third-order valence-electron chi connectivity index (χ3n) is 4.18. The van der Waals surface area contributed by atoms with Gasteiger partial charge in [-0.3, -0.25) is 4.79 Å². The van der Waals surface area contributed by atoms with Crippen molar-refractivity contribution in [1.82, 2.24) is 0 Å². The molecule has 1 amide bonds. The SMILES string of the molecule is CC[C@H](Oc1cc(C)cc(C)c1)C(=O)Nc1cccc2ccccc12. The smallest absolute Gasteiger partial charge is 0.265 e. The van der Waals surface area contributed by atoms with Gasteiger partial charge in [-0.25, -0.2) is 0 Å². The summed E-state index contributed by atoms with van der Waals surface area (Å²) in [6.45, 7) is 6.00. The van der Waals surface area contributed by atoms with Gasteiger partial charge >= 0.3 is 0 Å².